The molecule has 0 saturated heterocycles. The van der Waals surface area contributed by atoms with Gasteiger partial charge in [0.25, 0.3) is 10.0 Å². The first-order chi connectivity index (χ1) is 8.57. The summed E-state index contributed by atoms with van der Waals surface area (Å²) in [5.74, 6) is 0.382. The molecule has 0 aliphatic carbocycles. The molecule has 0 aliphatic heterocycles. The van der Waals surface area contributed by atoms with Gasteiger partial charge in [-0.3, -0.25) is 9.82 Å². The van der Waals surface area contributed by atoms with Crippen molar-refractivity contribution < 1.29 is 8.42 Å². The number of benzene rings is 1. The largest absolute Gasteiger partial charge is 0.264 e. The van der Waals surface area contributed by atoms with Gasteiger partial charge in [-0.2, -0.15) is 5.10 Å². The number of aromatic amines is 1. The van der Waals surface area contributed by atoms with Gasteiger partial charge in [-0.05, 0) is 18.6 Å². The van der Waals surface area contributed by atoms with Gasteiger partial charge in [0.05, 0.1) is 11.6 Å². The van der Waals surface area contributed by atoms with E-state index in [0.29, 0.717) is 5.82 Å². The average molecular weight is 263 g/mol. The lowest BCUT2D eigenvalue weighted by Gasteiger charge is -2.02. The minimum absolute atomic E-state index is 0.382. The number of hydrogen-bond donors (Lipinski definition) is 2. The van der Waals surface area contributed by atoms with Crippen molar-refractivity contribution in [3.05, 3.63) is 53.1 Å². The van der Waals surface area contributed by atoms with E-state index in [2.05, 4.69) is 14.9 Å². The van der Waals surface area contributed by atoms with Crippen molar-refractivity contribution >= 4 is 21.9 Å². The molecule has 0 unspecified atom stereocenters. The molecule has 2 aromatic rings. The molecule has 1 aromatic carbocycles. The third kappa shape index (κ3) is 3.21. The Morgan fingerprint density at radius 3 is 2.61 bits per heavy atom. The smallest absolute Gasteiger partial charge is 0.256 e. The third-order valence-corrected chi connectivity index (χ3v) is 3.30. The van der Waals surface area contributed by atoms with E-state index in [1.54, 1.807) is 13.1 Å². The summed E-state index contributed by atoms with van der Waals surface area (Å²) in [7, 11) is -3.53. The van der Waals surface area contributed by atoms with Gasteiger partial charge >= 0.3 is 0 Å². The molecule has 5 nitrogen and oxygen atoms in total. The summed E-state index contributed by atoms with van der Waals surface area (Å²) in [5, 5.41) is 7.46. The molecule has 1 aromatic heterocycles. The second kappa shape index (κ2) is 5.05. The lowest BCUT2D eigenvalue weighted by molar-refractivity contribution is 0.609. The van der Waals surface area contributed by atoms with Crippen LogP contribution in [0.2, 0.25) is 0 Å². The minimum Gasteiger partial charge on any atom is -0.264 e. The van der Waals surface area contributed by atoms with E-state index in [1.807, 2.05) is 30.3 Å². The van der Waals surface area contributed by atoms with Crippen molar-refractivity contribution in [2.45, 2.75) is 6.92 Å². The van der Waals surface area contributed by atoms with Crippen LogP contribution in [0, 0.1) is 6.92 Å². The van der Waals surface area contributed by atoms with E-state index in [1.165, 1.54) is 6.08 Å². The maximum atomic E-state index is 11.8. The van der Waals surface area contributed by atoms with E-state index >= 15 is 0 Å². The highest BCUT2D eigenvalue weighted by Crippen LogP contribution is 2.12. The van der Waals surface area contributed by atoms with Crippen LogP contribution in [0.1, 0.15) is 11.1 Å². The fourth-order valence-corrected chi connectivity index (χ4v) is 2.25. The first-order valence-electron chi connectivity index (χ1n) is 5.33. The van der Waals surface area contributed by atoms with Crippen molar-refractivity contribution in [2.24, 2.45) is 0 Å². The summed E-state index contributed by atoms with van der Waals surface area (Å²) >= 11 is 0. The van der Waals surface area contributed by atoms with Crippen LogP contribution in [0.4, 0.5) is 5.82 Å². The lowest BCUT2D eigenvalue weighted by Crippen LogP contribution is -2.09. The maximum absolute atomic E-state index is 11.8. The van der Waals surface area contributed by atoms with E-state index in [-0.39, 0.29) is 0 Å². The Balaban J connectivity index is 2.13. The van der Waals surface area contributed by atoms with Gasteiger partial charge in [0.1, 0.15) is 5.82 Å². The SMILES string of the molecule is Cc1cn[nH]c1NS(=O)(=O)/C=C/c1ccccc1. The molecule has 94 valence electrons. The first-order valence-corrected chi connectivity index (χ1v) is 6.87. The summed E-state index contributed by atoms with van der Waals surface area (Å²) in [6.07, 6.45) is 3.09. The van der Waals surface area contributed by atoms with Crippen LogP contribution in [0.15, 0.2) is 41.9 Å². The summed E-state index contributed by atoms with van der Waals surface area (Å²) in [6, 6.07) is 9.22. The molecule has 6 heteroatoms. The number of aromatic nitrogens is 2. The number of nitrogens with zero attached hydrogens (tertiary/aromatic N) is 1. The molecule has 0 atom stereocenters. The Kier molecular flexibility index (Phi) is 3.47. The van der Waals surface area contributed by atoms with Gasteiger partial charge in [-0.15, -0.1) is 0 Å². The molecule has 1 heterocycles. The highest BCUT2D eigenvalue weighted by Gasteiger charge is 2.08. The van der Waals surface area contributed by atoms with Crippen LogP contribution in [0.25, 0.3) is 6.08 Å². The monoisotopic (exact) mass is 263 g/mol. The second-order valence-electron chi connectivity index (χ2n) is 3.79. The summed E-state index contributed by atoms with van der Waals surface area (Å²) < 4.78 is 26.0. The Hall–Kier alpha value is -2.08. The predicted molar refractivity (Wildman–Crippen MR) is 71.3 cm³/mol. The molecule has 0 aliphatic rings. The zero-order valence-corrected chi connectivity index (χ0v) is 10.6. The van der Waals surface area contributed by atoms with Gasteiger partial charge in [0.2, 0.25) is 0 Å². The zero-order chi connectivity index (χ0) is 13.0. The Bertz CT molecular complexity index is 645. The van der Waals surface area contributed by atoms with Crippen molar-refractivity contribution in [2.75, 3.05) is 4.72 Å². The molecular weight excluding hydrogens is 250 g/mol. The number of sulfonamides is 1. The molecule has 0 fully saturated rings. The van der Waals surface area contributed by atoms with Gasteiger partial charge in [0.15, 0.2) is 0 Å². The Morgan fingerprint density at radius 1 is 1.28 bits per heavy atom. The van der Waals surface area contributed by atoms with Crippen molar-refractivity contribution in [1.82, 2.24) is 10.2 Å². The molecular formula is C12H13N3O2S. The van der Waals surface area contributed by atoms with Crippen molar-refractivity contribution in [3.63, 3.8) is 0 Å². The van der Waals surface area contributed by atoms with Gasteiger partial charge < -0.3 is 0 Å². The fraction of sp³-hybridized carbons (Fsp3) is 0.0833. The van der Waals surface area contributed by atoms with Crippen LogP contribution < -0.4 is 4.72 Å². The molecule has 0 bridgehead atoms. The standard InChI is InChI=1S/C12H13N3O2S/c1-10-9-13-14-12(10)15-18(16,17)8-7-11-5-3-2-4-6-11/h2-9H,1H3,(H2,13,14,15)/b8-7+. The van der Waals surface area contributed by atoms with E-state index in [9.17, 15) is 8.42 Å². The normalized spacial score (nSPS) is 11.8. The average Bonchev–Trinajstić information content (AvgIpc) is 2.73. The Labute approximate surface area is 106 Å². The van der Waals surface area contributed by atoms with E-state index in [0.717, 1.165) is 16.5 Å². The molecule has 2 N–H and O–H groups in total. The lowest BCUT2D eigenvalue weighted by atomic mass is 10.2. The quantitative estimate of drug-likeness (QED) is 0.887. The third-order valence-electron chi connectivity index (χ3n) is 2.31. The second-order valence-corrected chi connectivity index (χ2v) is 5.35. The van der Waals surface area contributed by atoms with Crippen LogP contribution in [0.5, 0.6) is 0 Å². The fourth-order valence-electron chi connectivity index (χ4n) is 1.36. The predicted octanol–water partition coefficient (Wildman–Crippen LogP) is 2.13. The minimum atomic E-state index is -3.53. The van der Waals surface area contributed by atoms with E-state index in [4.69, 9.17) is 0 Å². The first kappa shape index (κ1) is 12.4. The Morgan fingerprint density at radius 2 is 2.00 bits per heavy atom. The van der Waals surface area contributed by atoms with Gasteiger partial charge in [-0.1, -0.05) is 30.3 Å². The summed E-state index contributed by atoms with van der Waals surface area (Å²) in [6.45, 7) is 1.77. The van der Waals surface area contributed by atoms with Crippen LogP contribution in [-0.2, 0) is 10.0 Å². The van der Waals surface area contributed by atoms with Crippen molar-refractivity contribution in [3.8, 4) is 0 Å². The zero-order valence-electron chi connectivity index (χ0n) is 9.79. The van der Waals surface area contributed by atoms with E-state index < -0.39 is 10.0 Å². The van der Waals surface area contributed by atoms with Crippen molar-refractivity contribution in [1.29, 1.82) is 0 Å². The van der Waals surface area contributed by atoms with Gasteiger partial charge in [-0.25, -0.2) is 8.42 Å². The topological polar surface area (TPSA) is 74.8 Å². The molecule has 18 heavy (non-hydrogen) atoms. The number of hydrogen-bond acceptors (Lipinski definition) is 3. The highest BCUT2D eigenvalue weighted by molar-refractivity contribution is 7.95. The number of anilines is 1. The molecule has 0 amide bonds. The molecule has 0 saturated carbocycles. The highest BCUT2D eigenvalue weighted by atomic mass is 32.2. The molecule has 0 spiro atoms. The maximum Gasteiger partial charge on any atom is 0.256 e. The number of rotatable bonds is 4. The number of H-pyrrole nitrogens is 1. The van der Waals surface area contributed by atoms with Crippen LogP contribution >= 0.6 is 0 Å². The summed E-state index contributed by atoms with van der Waals surface area (Å²) in [5.41, 5.74) is 1.57. The van der Waals surface area contributed by atoms with Gasteiger partial charge in [0, 0.05) is 5.56 Å². The van der Waals surface area contributed by atoms with Crippen LogP contribution in [-0.4, -0.2) is 18.6 Å². The summed E-state index contributed by atoms with van der Waals surface area (Å²) in [4.78, 5) is 0. The van der Waals surface area contributed by atoms with Crippen LogP contribution in [0.3, 0.4) is 0 Å². The molecule has 2 rings (SSSR count). The molecule has 0 radical (unpaired) electrons. The number of nitrogens with one attached hydrogen (secondary N) is 2. The number of aryl methyl sites for hydroxylation is 1.